The Morgan fingerprint density at radius 1 is 1.54 bits per heavy atom. The Balaban J connectivity index is 2.80. The summed E-state index contributed by atoms with van der Waals surface area (Å²) < 4.78 is 23.9. The zero-order valence-corrected chi connectivity index (χ0v) is 7.37. The van der Waals surface area contributed by atoms with Crippen LogP contribution >= 0.6 is 0 Å². The second-order valence-electron chi connectivity index (χ2n) is 2.48. The normalized spacial score (nSPS) is 17.5. The molecule has 0 aromatic heterocycles. The molecule has 2 N–H and O–H groups in total. The number of carbonyl (C=O) groups is 2. The van der Waals surface area contributed by atoms with Crippen molar-refractivity contribution in [3.8, 4) is 0 Å². The second kappa shape index (κ2) is 3.21. The third-order valence-electron chi connectivity index (χ3n) is 1.54. The molecule has 0 bridgehead atoms. The first-order valence-electron chi connectivity index (χ1n) is 3.50. The number of carboxylic acid groups (broad SMARTS) is 1. The maximum absolute atomic E-state index is 11.1. The van der Waals surface area contributed by atoms with Gasteiger partial charge in [0.25, 0.3) is 0 Å². The number of hydrogen-bond acceptors (Lipinski definition) is 4. The van der Waals surface area contributed by atoms with Crippen molar-refractivity contribution in [3.05, 3.63) is 0 Å². The Labute approximate surface area is 74.5 Å². The first-order valence-corrected chi connectivity index (χ1v) is 4.94. The van der Waals surface area contributed by atoms with Crippen molar-refractivity contribution in [1.82, 2.24) is 9.03 Å². The Morgan fingerprint density at radius 3 is 2.54 bits per heavy atom. The average molecular weight is 208 g/mol. The van der Waals surface area contributed by atoms with Crippen molar-refractivity contribution < 1.29 is 23.1 Å². The van der Waals surface area contributed by atoms with Crippen LogP contribution < -0.4 is 4.72 Å². The van der Waals surface area contributed by atoms with E-state index in [1.807, 2.05) is 0 Å². The van der Waals surface area contributed by atoms with E-state index in [0.717, 1.165) is 0 Å². The van der Waals surface area contributed by atoms with Gasteiger partial charge in [-0.2, -0.15) is 8.42 Å². The molecule has 0 radical (unpaired) electrons. The van der Waals surface area contributed by atoms with E-state index < -0.39 is 22.2 Å². The van der Waals surface area contributed by atoms with Gasteiger partial charge in [0, 0.05) is 13.0 Å². The summed E-state index contributed by atoms with van der Waals surface area (Å²) in [5.41, 5.74) is 0. The summed E-state index contributed by atoms with van der Waals surface area (Å²) in [6, 6.07) is 0. The van der Waals surface area contributed by atoms with E-state index in [9.17, 15) is 18.0 Å². The van der Waals surface area contributed by atoms with Crippen molar-refractivity contribution in [2.75, 3.05) is 6.54 Å². The lowest BCUT2D eigenvalue weighted by atomic mass is 10.4. The minimum atomic E-state index is -4.17. The first-order chi connectivity index (χ1) is 5.93. The lowest BCUT2D eigenvalue weighted by Gasteiger charge is -2.14. The highest BCUT2D eigenvalue weighted by Gasteiger charge is 2.32. The SMILES string of the molecule is O=C(O)NS(=O)(=O)N1CCCC1=O. The highest BCUT2D eigenvalue weighted by molar-refractivity contribution is 7.88. The summed E-state index contributed by atoms with van der Waals surface area (Å²) >= 11 is 0. The minimum Gasteiger partial charge on any atom is -0.464 e. The summed E-state index contributed by atoms with van der Waals surface area (Å²) in [6.07, 6.45) is -1.13. The van der Waals surface area contributed by atoms with Crippen LogP contribution in [0.1, 0.15) is 12.8 Å². The van der Waals surface area contributed by atoms with Crippen LogP contribution in [0.4, 0.5) is 4.79 Å². The van der Waals surface area contributed by atoms with Crippen LogP contribution in [0.25, 0.3) is 0 Å². The molecule has 0 saturated carbocycles. The van der Waals surface area contributed by atoms with Gasteiger partial charge in [0.2, 0.25) is 5.91 Å². The predicted octanol–water partition coefficient (Wildman–Crippen LogP) is -0.879. The van der Waals surface area contributed by atoms with Gasteiger partial charge < -0.3 is 5.11 Å². The largest absolute Gasteiger partial charge is 0.464 e. The standard InChI is InChI=1S/C5H8N2O5S/c8-4-2-1-3-7(4)13(11,12)6-5(9)10/h6H,1-3H2,(H,9,10). The van der Waals surface area contributed by atoms with Gasteiger partial charge >= 0.3 is 16.3 Å². The van der Waals surface area contributed by atoms with Crippen LogP contribution in [0, 0.1) is 0 Å². The van der Waals surface area contributed by atoms with Gasteiger partial charge in [-0.1, -0.05) is 0 Å². The fourth-order valence-corrected chi connectivity index (χ4v) is 2.10. The van der Waals surface area contributed by atoms with Gasteiger partial charge in [0.15, 0.2) is 0 Å². The van der Waals surface area contributed by atoms with E-state index in [1.165, 1.54) is 4.72 Å². The molecule has 8 heteroatoms. The summed E-state index contributed by atoms with van der Waals surface area (Å²) in [5, 5.41) is 8.17. The molecule has 2 amide bonds. The van der Waals surface area contributed by atoms with Crippen molar-refractivity contribution in [2.45, 2.75) is 12.8 Å². The van der Waals surface area contributed by atoms with E-state index in [0.29, 0.717) is 10.7 Å². The number of carbonyl (C=O) groups excluding carboxylic acids is 1. The van der Waals surface area contributed by atoms with Gasteiger partial charge in [0.05, 0.1) is 0 Å². The van der Waals surface area contributed by atoms with Gasteiger partial charge in [-0.25, -0.2) is 13.8 Å². The number of nitrogens with zero attached hydrogens (tertiary/aromatic N) is 1. The number of rotatable bonds is 2. The molecule has 1 saturated heterocycles. The molecule has 13 heavy (non-hydrogen) atoms. The van der Waals surface area contributed by atoms with Crippen LogP contribution in [0.2, 0.25) is 0 Å². The van der Waals surface area contributed by atoms with Crippen LogP contribution in [0.3, 0.4) is 0 Å². The van der Waals surface area contributed by atoms with Crippen LogP contribution in [0.15, 0.2) is 0 Å². The Morgan fingerprint density at radius 2 is 2.15 bits per heavy atom. The monoisotopic (exact) mass is 208 g/mol. The van der Waals surface area contributed by atoms with E-state index >= 15 is 0 Å². The van der Waals surface area contributed by atoms with Gasteiger partial charge in [0.1, 0.15) is 0 Å². The van der Waals surface area contributed by atoms with E-state index in [4.69, 9.17) is 5.11 Å². The van der Waals surface area contributed by atoms with Gasteiger partial charge in [-0.15, -0.1) is 0 Å². The smallest absolute Gasteiger partial charge is 0.419 e. The van der Waals surface area contributed by atoms with E-state index in [-0.39, 0.29) is 13.0 Å². The van der Waals surface area contributed by atoms with Crippen LogP contribution in [-0.4, -0.2) is 36.4 Å². The molecule has 1 aliphatic heterocycles. The molecule has 1 heterocycles. The maximum atomic E-state index is 11.1. The summed E-state index contributed by atoms with van der Waals surface area (Å²) in [4.78, 5) is 21.0. The number of hydrogen-bond donors (Lipinski definition) is 2. The molecule has 0 atom stereocenters. The Hall–Kier alpha value is -1.31. The minimum absolute atomic E-state index is 0.0431. The highest BCUT2D eigenvalue weighted by atomic mass is 32.2. The van der Waals surface area contributed by atoms with Crippen molar-refractivity contribution in [1.29, 1.82) is 0 Å². The highest BCUT2D eigenvalue weighted by Crippen LogP contribution is 2.12. The Kier molecular flexibility index (Phi) is 2.41. The Bertz CT molecular complexity index is 335. The molecular formula is C5H8N2O5S. The molecule has 1 fully saturated rings. The third-order valence-corrected chi connectivity index (χ3v) is 2.94. The second-order valence-corrected chi connectivity index (χ2v) is 4.08. The van der Waals surface area contributed by atoms with E-state index in [1.54, 1.807) is 0 Å². The maximum Gasteiger partial charge on any atom is 0.419 e. The fourth-order valence-electron chi connectivity index (χ4n) is 1.04. The summed E-state index contributed by atoms with van der Waals surface area (Å²) in [5.74, 6) is -0.575. The summed E-state index contributed by atoms with van der Waals surface area (Å²) in [7, 11) is -4.17. The molecule has 1 aliphatic rings. The van der Waals surface area contributed by atoms with Crippen LogP contribution in [-0.2, 0) is 15.0 Å². The predicted molar refractivity (Wildman–Crippen MR) is 41.0 cm³/mol. The van der Waals surface area contributed by atoms with Crippen molar-refractivity contribution in [2.24, 2.45) is 0 Å². The molecule has 0 aromatic carbocycles. The fraction of sp³-hybridized carbons (Fsp3) is 0.600. The summed E-state index contributed by atoms with van der Waals surface area (Å²) in [6.45, 7) is 0.0431. The lowest BCUT2D eigenvalue weighted by molar-refractivity contribution is -0.123. The topological polar surface area (TPSA) is 104 Å². The molecule has 0 unspecified atom stereocenters. The van der Waals surface area contributed by atoms with Crippen molar-refractivity contribution >= 4 is 22.2 Å². The van der Waals surface area contributed by atoms with Crippen molar-refractivity contribution in [3.63, 3.8) is 0 Å². The molecule has 1 rings (SSSR count). The zero-order chi connectivity index (χ0) is 10.1. The average Bonchev–Trinajstić information content (AvgIpc) is 2.32. The molecule has 0 aliphatic carbocycles. The zero-order valence-electron chi connectivity index (χ0n) is 6.56. The van der Waals surface area contributed by atoms with Gasteiger partial charge in [-0.05, 0) is 6.42 Å². The lowest BCUT2D eigenvalue weighted by Crippen LogP contribution is -2.43. The molecule has 0 aromatic rings. The third kappa shape index (κ3) is 2.08. The number of amides is 2. The van der Waals surface area contributed by atoms with Crippen LogP contribution in [0.5, 0.6) is 0 Å². The van der Waals surface area contributed by atoms with E-state index in [2.05, 4.69) is 0 Å². The number of nitrogens with one attached hydrogen (secondary N) is 1. The van der Waals surface area contributed by atoms with Gasteiger partial charge in [-0.3, -0.25) is 4.79 Å². The molecular weight excluding hydrogens is 200 g/mol. The quantitative estimate of drug-likeness (QED) is 0.613. The molecule has 7 nitrogen and oxygen atoms in total. The first kappa shape index (κ1) is 9.78. The molecule has 74 valence electrons. The molecule has 0 spiro atoms.